The normalized spacial score (nSPS) is 23.1. The van der Waals surface area contributed by atoms with Gasteiger partial charge in [-0.2, -0.15) is 9.59 Å². The maximum atomic E-state index is 8.70. The largest absolute Gasteiger partial charge is 0.451 e. The predicted molar refractivity (Wildman–Crippen MR) is 67.4 cm³/mol. The standard InChI is InChI=1S/C10H23BN2O2.CO2/c1-13-10(8-6-9(12)7-8)4-2-3-5-11(14)15;2-1-3/h8-10,13-15H,2-7,12H2,1H3;. The summed E-state index contributed by atoms with van der Waals surface area (Å²) in [6.45, 7) is 0. The van der Waals surface area contributed by atoms with Gasteiger partial charge in [0.15, 0.2) is 0 Å². The average Bonchev–Trinajstić information content (AvgIpc) is 2.27. The lowest BCUT2D eigenvalue weighted by Crippen LogP contribution is -2.46. The molecule has 0 aromatic carbocycles. The molecule has 104 valence electrons. The van der Waals surface area contributed by atoms with Crippen molar-refractivity contribution in [1.82, 2.24) is 5.32 Å². The molecule has 5 N–H and O–H groups in total. The number of nitrogens with one attached hydrogen (secondary N) is 1. The maximum Gasteiger partial charge on any atom is 0.451 e. The molecular formula is C11H23BN2O4. The Hall–Kier alpha value is -0.715. The summed E-state index contributed by atoms with van der Waals surface area (Å²) in [5.41, 5.74) is 5.76. The van der Waals surface area contributed by atoms with Gasteiger partial charge in [0.1, 0.15) is 0 Å². The lowest BCUT2D eigenvalue weighted by Gasteiger charge is -2.38. The molecule has 0 aromatic heterocycles. The molecule has 6 nitrogen and oxygen atoms in total. The average molecular weight is 258 g/mol. The van der Waals surface area contributed by atoms with Crippen molar-refractivity contribution < 1.29 is 19.6 Å². The van der Waals surface area contributed by atoms with E-state index in [-0.39, 0.29) is 6.15 Å². The lowest BCUT2D eigenvalue weighted by molar-refractivity contribution is -0.191. The second-order valence-electron chi connectivity index (χ2n) is 4.74. The van der Waals surface area contributed by atoms with Crippen LogP contribution >= 0.6 is 0 Å². The van der Waals surface area contributed by atoms with E-state index in [4.69, 9.17) is 25.4 Å². The van der Waals surface area contributed by atoms with Gasteiger partial charge in [-0.05, 0) is 38.5 Å². The van der Waals surface area contributed by atoms with Crippen LogP contribution in [-0.4, -0.2) is 42.4 Å². The smallest absolute Gasteiger partial charge is 0.427 e. The van der Waals surface area contributed by atoms with Crippen LogP contribution in [0, 0.1) is 5.92 Å². The molecule has 1 fully saturated rings. The molecule has 0 heterocycles. The monoisotopic (exact) mass is 258 g/mol. The number of rotatable bonds is 7. The number of hydrogen-bond donors (Lipinski definition) is 4. The van der Waals surface area contributed by atoms with Crippen LogP contribution in [-0.2, 0) is 9.59 Å². The van der Waals surface area contributed by atoms with E-state index < -0.39 is 7.12 Å². The van der Waals surface area contributed by atoms with Crippen LogP contribution in [0.5, 0.6) is 0 Å². The Morgan fingerprint density at radius 3 is 2.33 bits per heavy atom. The second kappa shape index (κ2) is 10.2. The van der Waals surface area contributed by atoms with Crippen LogP contribution in [0.25, 0.3) is 0 Å². The fraction of sp³-hybridized carbons (Fsp3) is 0.909. The molecule has 0 spiro atoms. The zero-order valence-electron chi connectivity index (χ0n) is 10.8. The van der Waals surface area contributed by atoms with Crippen molar-refractivity contribution in [3.05, 3.63) is 0 Å². The minimum absolute atomic E-state index is 0.250. The van der Waals surface area contributed by atoms with Gasteiger partial charge < -0.3 is 21.1 Å². The molecular weight excluding hydrogens is 235 g/mol. The molecule has 1 saturated carbocycles. The summed E-state index contributed by atoms with van der Waals surface area (Å²) in [4.78, 5) is 16.2. The van der Waals surface area contributed by atoms with Gasteiger partial charge in [0, 0.05) is 12.1 Å². The highest BCUT2D eigenvalue weighted by atomic mass is 16.4. The van der Waals surface area contributed by atoms with Crippen molar-refractivity contribution in [3.63, 3.8) is 0 Å². The van der Waals surface area contributed by atoms with E-state index in [9.17, 15) is 0 Å². The highest BCUT2D eigenvalue weighted by molar-refractivity contribution is 6.40. The van der Waals surface area contributed by atoms with Gasteiger partial charge in [-0.15, -0.1) is 0 Å². The first-order chi connectivity index (χ1) is 8.54. The Balaban J connectivity index is 0.000000873. The predicted octanol–water partition coefficient (Wildman–Crippen LogP) is -0.629. The Morgan fingerprint density at radius 2 is 1.94 bits per heavy atom. The Bertz CT molecular complexity index is 241. The van der Waals surface area contributed by atoms with E-state index >= 15 is 0 Å². The highest BCUT2D eigenvalue weighted by Crippen LogP contribution is 2.30. The topological polar surface area (TPSA) is 113 Å². The van der Waals surface area contributed by atoms with Crippen LogP contribution in [0.15, 0.2) is 0 Å². The first kappa shape index (κ1) is 17.3. The molecule has 0 radical (unpaired) electrons. The quantitative estimate of drug-likeness (QED) is 0.357. The van der Waals surface area contributed by atoms with Gasteiger partial charge in [0.05, 0.1) is 0 Å². The summed E-state index contributed by atoms with van der Waals surface area (Å²) in [7, 11) is 0.852. The maximum absolute atomic E-state index is 8.70. The molecule has 0 aromatic rings. The number of nitrogens with two attached hydrogens (primary N) is 1. The van der Waals surface area contributed by atoms with Gasteiger partial charge in [0.25, 0.3) is 0 Å². The molecule has 1 aliphatic carbocycles. The van der Waals surface area contributed by atoms with Crippen LogP contribution < -0.4 is 11.1 Å². The van der Waals surface area contributed by atoms with Gasteiger partial charge in [0.2, 0.25) is 0 Å². The van der Waals surface area contributed by atoms with Crippen molar-refractivity contribution in [2.45, 2.75) is 50.5 Å². The minimum Gasteiger partial charge on any atom is -0.427 e. The fourth-order valence-electron chi connectivity index (χ4n) is 2.34. The van der Waals surface area contributed by atoms with Crippen molar-refractivity contribution >= 4 is 13.3 Å². The highest BCUT2D eigenvalue weighted by Gasteiger charge is 2.31. The molecule has 1 unspecified atom stereocenters. The zero-order valence-corrected chi connectivity index (χ0v) is 10.8. The van der Waals surface area contributed by atoms with Crippen LogP contribution in [0.1, 0.15) is 32.1 Å². The molecule has 1 atom stereocenters. The molecule has 7 heteroatoms. The summed E-state index contributed by atoms with van der Waals surface area (Å²) in [5.74, 6) is 0.726. The van der Waals surface area contributed by atoms with Gasteiger partial charge in [-0.3, -0.25) is 0 Å². The molecule has 0 amide bonds. The Morgan fingerprint density at radius 1 is 1.39 bits per heavy atom. The van der Waals surface area contributed by atoms with Gasteiger partial charge in [-0.25, -0.2) is 0 Å². The first-order valence-corrected chi connectivity index (χ1v) is 6.33. The van der Waals surface area contributed by atoms with E-state index in [2.05, 4.69) is 5.32 Å². The van der Waals surface area contributed by atoms with Crippen molar-refractivity contribution in [2.75, 3.05) is 7.05 Å². The van der Waals surface area contributed by atoms with E-state index in [0.717, 1.165) is 38.0 Å². The third-order valence-corrected chi connectivity index (χ3v) is 3.38. The molecule has 0 saturated heterocycles. The molecule has 0 aliphatic heterocycles. The Kier molecular flexibility index (Phi) is 9.82. The zero-order chi connectivity index (χ0) is 14.0. The van der Waals surface area contributed by atoms with Crippen molar-refractivity contribution in [2.24, 2.45) is 11.7 Å². The number of carbonyl (C=O) groups excluding carboxylic acids is 2. The van der Waals surface area contributed by atoms with Crippen LogP contribution in [0.3, 0.4) is 0 Å². The number of unbranched alkanes of at least 4 members (excludes halogenated alkanes) is 1. The molecule has 0 bridgehead atoms. The molecule has 18 heavy (non-hydrogen) atoms. The Labute approximate surface area is 108 Å². The summed E-state index contributed by atoms with van der Waals surface area (Å²) in [6.07, 6.45) is 6.05. The van der Waals surface area contributed by atoms with Crippen molar-refractivity contribution in [1.29, 1.82) is 0 Å². The van der Waals surface area contributed by atoms with E-state index in [1.807, 2.05) is 7.05 Å². The van der Waals surface area contributed by atoms with Crippen LogP contribution in [0.4, 0.5) is 0 Å². The first-order valence-electron chi connectivity index (χ1n) is 6.33. The fourth-order valence-corrected chi connectivity index (χ4v) is 2.34. The van der Waals surface area contributed by atoms with E-state index in [1.54, 1.807) is 0 Å². The third kappa shape index (κ3) is 7.58. The van der Waals surface area contributed by atoms with Crippen LogP contribution in [0.2, 0.25) is 6.32 Å². The second-order valence-corrected chi connectivity index (χ2v) is 4.74. The summed E-state index contributed by atoms with van der Waals surface area (Å²) in [5, 5.41) is 20.7. The summed E-state index contributed by atoms with van der Waals surface area (Å²) < 4.78 is 0. The third-order valence-electron chi connectivity index (χ3n) is 3.38. The molecule has 1 rings (SSSR count). The summed E-state index contributed by atoms with van der Waals surface area (Å²) in [6, 6.07) is 0.964. The molecule has 1 aliphatic rings. The minimum atomic E-state index is -1.14. The van der Waals surface area contributed by atoms with E-state index in [0.29, 0.717) is 18.4 Å². The summed E-state index contributed by atoms with van der Waals surface area (Å²) >= 11 is 0. The van der Waals surface area contributed by atoms with Gasteiger partial charge >= 0.3 is 13.3 Å². The lowest BCUT2D eigenvalue weighted by atomic mass is 9.74. The SMILES string of the molecule is CNC(CCCCB(O)O)C1CC(N)C1.O=C=O. The van der Waals surface area contributed by atoms with E-state index in [1.165, 1.54) is 0 Å². The number of hydrogen-bond acceptors (Lipinski definition) is 6. The van der Waals surface area contributed by atoms with Gasteiger partial charge in [-0.1, -0.05) is 12.8 Å². The van der Waals surface area contributed by atoms with Crippen molar-refractivity contribution in [3.8, 4) is 0 Å².